The normalized spacial score (nSPS) is 28.6. The number of carbonyl (C=O) groups excluding carboxylic acids is 1. The topological polar surface area (TPSA) is 29.5 Å². The fraction of sp³-hybridized carbons (Fsp3) is 0.550. The minimum absolute atomic E-state index is 0.294. The highest BCUT2D eigenvalue weighted by molar-refractivity contribution is 6.30. The quantitative estimate of drug-likeness (QED) is 0.763. The lowest BCUT2D eigenvalue weighted by Crippen LogP contribution is -2.49. The highest BCUT2D eigenvalue weighted by Crippen LogP contribution is 2.41. The molecule has 0 saturated carbocycles. The maximum absolute atomic E-state index is 13.6. The van der Waals surface area contributed by atoms with Crippen molar-refractivity contribution >= 4 is 17.5 Å². The van der Waals surface area contributed by atoms with E-state index >= 15 is 0 Å². The highest BCUT2D eigenvalue weighted by Gasteiger charge is 2.47. The molecule has 1 aromatic carbocycles. The van der Waals surface area contributed by atoms with Gasteiger partial charge in [0.15, 0.2) is 0 Å². The summed E-state index contributed by atoms with van der Waals surface area (Å²) in [6, 6.07) is 7.84. The average molecular weight is 346 g/mol. The molecule has 2 heterocycles. The van der Waals surface area contributed by atoms with Crippen molar-refractivity contribution in [3.63, 3.8) is 0 Å². The molecule has 4 heteroatoms. The molecule has 3 nitrogen and oxygen atoms in total. The summed E-state index contributed by atoms with van der Waals surface area (Å²) in [5.74, 6) is 1.57. The number of hydrogen-bond donors (Lipinski definition) is 0. The van der Waals surface area contributed by atoms with Gasteiger partial charge >= 0.3 is 0 Å². The van der Waals surface area contributed by atoms with E-state index in [1.54, 1.807) is 0 Å². The van der Waals surface area contributed by atoms with Crippen LogP contribution < -0.4 is 0 Å². The van der Waals surface area contributed by atoms with Gasteiger partial charge in [-0.05, 0) is 55.2 Å². The minimum atomic E-state index is -0.441. The second-order valence-electron chi connectivity index (χ2n) is 7.37. The van der Waals surface area contributed by atoms with E-state index in [2.05, 4.69) is 17.1 Å². The molecule has 2 saturated heterocycles. The van der Waals surface area contributed by atoms with Gasteiger partial charge in [-0.3, -0.25) is 4.79 Å². The maximum Gasteiger partial charge on any atom is 0.233 e. The lowest BCUT2D eigenvalue weighted by Gasteiger charge is -2.39. The zero-order valence-electron chi connectivity index (χ0n) is 13.9. The number of carbonyl (C=O) groups is 1. The molecule has 0 aromatic heterocycles. The lowest BCUT2D eigenvalue weighted by molar-refractivity contribution is -0.140. The first-order chi connectivity index (χ1) is 11.7. The standard InChI is InChI=1S/C20H24ClNO2/c21-18-7-5-17(6-8-18)20(9-11-24-12-10-20)19(23)22-13-15-3-1-2-4-16(15)14-22/h1-2,5-8,15-16H,3-4,9-14H2/t15-,16-/m0/s1. The predicted octanol–water partition coefficient (Wildman–Crippen LogP) is 3.81. The molecule has 3 aliphatic rings. The van der Waals surface area contributed by atoms with Crippen LogP contribution in [0.15, 0.2) is 36.4 Å². The van der Waals surface area contributed by atoms with Crippen LogP contribution in [0, 0.1) is 11.8 Å². The first-order valence-corrected chi connectivity index (χ1v) is 9.35. The second kappa shape index (κ2) is 6.53. The van der Waals surface area contributed by atoms with Gasteiger partial charge in [0, 0.05) is 31.3 Å². The molecule has 0 N–H and O–H groups in total. The minimum Gasteiger partial charge on any atom is -0.381 e. The molecule has 0 spiro atoms. The largest absolute Gasteiger partial charge is 0.381 e. The third-order valence-corrected chi connectivity index (χ3v) is 6.31. The molecule has 4 rings (SSSR count). The number of hydrogen-bond acceptors (Lipinski definition) is 2. The summed E-state index contributed by atoms with van der Waals surface area (Å²) in [5.41, 5.74) is 0.650. The lowest BCUT2D eigenvalue weighted by atomic mass is 9.73. The molecular formula is C20H24ClNO2. The fourth-order valence-corrected chi connectivity index (χ4v) is 4.72. The van der Waals surface area contributed by atoms with Crippen molar-refractivity contribution in [1.82, 2.24) is 4.90 Å². The number of rotatable bonds is 2. The van der Waals surface area contributed by atoms with Crippen molar-refractivity contribution in [1.29, 1.82) is 0 Å². The van der Waals surface area contributed by atoms with Crippen LogP contribution in [0.3, 0.4) is 0 Å². The van der Waals surface area contributed by atoms with Gasteiger partial charge in [-0.25, -0.2) is 0 Å². The number of benzene rings is 1. The van der Waals surface area contributed by atoms with Crippen LogP contribution in [0.25, 0.3) is 0 Å². The number of likely N-dealkylation sites (tertiary alicyclic amines) is 1. The number of allylic oxidation sites excluding steroid dienone is 2. The summed E-state index contributed by atoms with van der Waals surface area (Å²) in [5, 5.41) is 0.715. The van der Waals surface area contributed by atoms with E-state index < -0.39 is 5.41 Å². The van der Waals surface area contributed by atoms with E-state index in [0.717, 1.165) is 44.3 Å². The molecule has 1 aliphatic carbocycles. The molecule has 128 valence electrons. The van der Waals surface area contributed by atoms with Crippen LogP contribution in [0.4, 0.5) is 0 Å². The van der Waals surface area contributed by atoms with Gasteiger partial charge in [0.05, 0.1) is 5.41 Å². The SMILES string of the molecule is O=C(N1C[C@@H]2CC=CC[C@H]2C1)C1(c2ccc(Cl)cc2)CCOCC1. The predicted molar refractivity (Wildman–Crippen MR) is 95.1 cm³/mol. The van der Waals surface area contributed by atoms with Crippen LogP contribution in [-0.2, 0) is 14.9 Å². The summed E-state index contributed by atoms with van der Waals surface area (Å²) in [4.78, 5) is 15.7. The third-order valence-electron chi connectivity index (χ3n) is 6.06. The molecule has 2 fully saturated rings. The first-order valence-electron chi connectivity index (χ1n) is 8.97. The van der Waals surface area contributed by atoms with Gasteiger partial charge in [0.25, 0.3) is 0 Å². The molecule has 24 heavy (non-hydrogen) atoms. The third kappa shape index (κ3) is 2.78. The molecule has 0 unspecified atom stereocenters. The summed E-state index contributed by atoms with van der Waals surface area (Å²) in [6.45, 7) is 3.11. The molecule has 0 bridgehead atoms. The molecule has 1 aromatic rings. The van der Waals surface area contributed by atoms with E-state index in [1.807, 2.05) is 24.3 Å². The average Bonchev–Trinajstić information content (AvgIpc) is 3.06. The Hall–Kier alpha value is -1.32. The number of fused-ring (bicyclic) bond motifs is 1. The van der Waals surface area contributed by atoms with Gasteiger partial charge in [-0.2, -0.15) is 0 Å². The Balaban J connectivity index is 1.62. The van der Waals surface area contributed by atoms with Crippen molar-refractivity contribution in [3.05, 3.63) is 47.0 Å². The van der Waals surface area contributed by atoms with Crippen molar-refractivity contribution < 1.29 is 9.53 Å². The zero-order chi connectivity index (χ0) is 16.6. The Kier molecular flexibility index (Phi) is 4.40. The molecular weight excluding hydrogens is 322 g/mol. The number of halogens is 1. The monoisotopic (exact) mass is 345 g/mol. The number of amides is 1. The van der Waals surface area contributed by atoms with Crippen molar-refractivity contribution in [2.75, 3.05) is 26.3 Å². The van der Waals surface area contributed by atoms with Gasteiger partial charge in [-0.1, -0.05) is 35.9 Å². The van der Waals surface area contributed by atoms with Gasteiger partial charge in [0.1, 0.15) is 0 Å². The second-order valence-corrected chi connectivity index (χ2v) is 7.81. The molecule has 1 amide bonds. The smallest absolute Gasteiger partial charge is 0.233 e. The van der Waals surface area contributed by atoms with Crippen LogP contribution in [0.2, 0.25) is 5.02 Å². The Morgan fingerprint density at radius 3 is 2.21 bits per heavy atom. The molecule has 2 aliphatic heterocycles. The van der Waals surface area contributed by atoms with Crippen molar-refractivity contribution in [2.24, 2.45) is 11.8 Å². The van der Waals surface area contributed by atoms with Crippen molar-refractivity contribution in [3.8, 4) is 0 Å². The highest BCUT2D eigenvalue weighted by atomic mass is 35.5. The summed E-state index contributed by atoms with van der Waals surface area (Å²) < 4.78 is 5.57. The van der Waals surface area contributed by atoms with Crippen LogP contribution in [0.5, 0.6) is 0 Å². The van der Waals surface area contributed by atoms with E-state index in [1.165, 1.54) is 0 Å². The van der Waals surface area contributed by atoms with Crippen LogP contribution in [0.1, 0.15) is 31.2 Å². The van der Waals surface area contributed by atoms with E-state index in [9.17, 15) is 4.79 Å². The summed E-state index contributed by atoms with van der Waals surface area (Å²) in [6.07, 6.45) is 8.31. The Morgan fingerprint density at radius 2 is 1.62 bits per heavy atom. The summed E-state index contributed by atoms with van der Waals surface area (Å²) in [7, 11) is 0. The Bertz CT molecular complexity index is 618. The fourth-order valence-electron chi connectivity index (χ4n) is 4.60. The van der Waals surface area contributed by atoms with Gasteiger partial charge in [0.2, 0.25) is 5.91 Å². The Labute approximate surface area is 148 Å². The van der Waals surface area contributed by atoms with Crippen molar-refractivity contribution in [2.45, 2.75) is 31.1 Å². The van der Waals surface area contributed by atoms with Crippen LogP contribution >= 0.6 is 11.6 Å². The van der Waals surface area contributed by atoms with E-state index in [4.69, 9.17) is 16.3 Å². The first kappa shape index (κ1) is 16.2. The van der Waals surface area contributed by atoms with Gasteiger partial charge in [-0.15, -0.1) is 0 Å². The maximum atomic E-state index is 13.6. The Morgan fingerprint density at radius 1 is 1.04 bits per heavy atom. The van der Waals surface area contributed by atoms with E-state index in [0.29, 0.717) is 36.0 Å². The zero-order valence-corrected chi connectivity index (χ0v) is 14.7. The van der Waals surface area contributed by atoms with Crippen LogP contribution in [-0.4, -0.2) is 37.1 Å². The van der Waals surface area contributed by atoms with Gasteiger partial charge < -0.3 is 9.64 Å². The number of nitrogens with zero attached hydrogens (tertiary/aromatic N) is 1. The molecule has 0 radical (unpaired) electrons. The molecule has 2 atom stereocenters. The number of ether oxygens (including phenoxy) is 1. The van der Waals surface area contributed by atoms with E-state index in [-0.39, 0.29) is 0 Å². The summed E-state index contributed by atoms with van der Waals surface area (Å²) >= 11 is 6.06.